The highest BCUT2D eigenvalue weighted by molar-refractivity contribution is 7.10. The van der Waals surface area contributed by atoms with Crippen LogP contribution in [0.15, 0.2) is 73.1 Å². The van der Waals surface area contributed by atoms with Gasteiger partial charge in [0.25, 0.3) is 0 Å². The van der Waals surface area contributed by atoms with Gasteiger partial charge in [0.1, 0.15) is 5.78 Å². The highest BCUT2D eigenvalue weighted by atomic mass is 35.5. The summed E-state index contributed by atoms with van der Waals surface area (Å²) in [5.74, 6) is -0.442. The first-order chi connectivity index (χ1) is 14.0. The molecule has 0 aliphatic carbocycles. The highest BCUT2D eigenvalue weighted by Gasteiger charge is 2.29. The average molecular weight is 439 g/mol. The van der Waals surface area contributed by atoms with Gasteiger partial charge in [-0.1, -0.05) is 53.5 Å². The van der Waals surface area contributed by atoms with Crippen molar-refractivity contribution in [2.45, 2.75) is 12.8 Å². The zero-order valence-corrected chi connectivity index (χ0v) is 17.8. The van der Waals surface area contributed by atoms with E-state index in [1.807, 2.05) is 60.7 Å². The van der Waals surface area contributed by atoms with Gasteiger partial charge in [0.05, 0.1) is 16.5 Å². The number of benzene rings is 2. The third-order valence-corrected chi connectivity index (χ3v) is 6.08. The highest BCUT2D eigenvalue weighted by Crippen LogP contribution is 2.43. The first-order valence-electron chi connectivity index (χ1n) is 8.96. The van der Waals surface area contributed by atoms with Crippen LogP contribution < -0.4 is 0 Å². The molecule has 0 spiro atoms. The van der Waals surface area contributed by atoms with Crippen LogP contribution in [0.25, 0.3) is 21.7 Å². The second kappa shape index (κ2) is 8.46. The normalized spacial score (nSPS) is 12.0. The lowest BCUT2D eigenvalue weighted by Crippen LogP contribution is -2.12. The van der Waals surface area contributed by atoms with Crippen LogP contribution in [-0.4, -0.2) is 15.1 Å². The predicted molar refractivity (Wildman–Crippen MR) is 120 cm³/mol. The number of halogens is 2. The minimum Gasteiger partial charge on any atom is -0.299 e. The summed E-state index contributed by atoms with van der Waals surface area (Å²) < 4.78 is 4.74. The van der Waals surface area contributed by atoms with E-state index in [0.29, 0.717) is 10.0 Å². The van der Waals surface area contributed by atoms with E-state index >= 15 is 0 Å². The maximum atomic E-state index is 12.8. The Hall–Kier alpha value is -2.53. The van der Waals surface area contributed by atoms with E-state index in [4.69, 9.17) is 27.6 Å². The van der Waals surface area contributed by atoms with E-state index in [1.165, 1.54) is 11.5 Å². The van der Waals surface area contributed by atoms with Crippen molar-refractivity contribution < 1.29 is 4.79 Å². The summed E-state index contributed by atoms with van der Waals surface area (Å²) in [5, 5.41) is 1.31. The number of ketones is 1. The molecule has 144 valence electrons. The Kier molecular flexibility index (Phi) is 5.76. The standard InChI is InChI=1S/C23H16Cl2N2OS/c1-14(28)20(17-3-2-12-26-13-17)21-22(15-4-8-18(24)9-5-15)27-29-23(21)16-6-10-19(25)11-7-16/h2-13,20H,1H3. The van der Waals surface area contributed by atoms with Crippen LogP contribution in [0.1, 0.15) is 24.0 Å². The molecule has 0 aliphatic rings. The van der Waals surface area contributed by atoms with Crippen molar-refractivity contribution in [1.82, 2.24) is 9.36 Å². The van der Waals surface area contributed by atoms with E-state index in [2.05, 4.69) is 4.98 Å². The molecule has 0 radical (unpaired) electrons. The molecule has 4 rings (SSSR count). The molecule has 6 heteroatoms. The van der Waals surface area contributed by atoms with Gasteiger partial charge in [0.2, 0.25) is 0 Å². The summed E-state index contributed by atoms with van der Waals surface area (Å²) in [6.07, 6.45) is 3.44. The molecule has 2 aromatic carbocycles. The van der Waals surface area contributed by atoms with Gasteiger partial charge in [0.15, 0.2) is 0 Å². The number of carbonyl (C=O) groups excluding carboxylic acids is 1. The SMILES string of the molecule is CC(=O)C(c1cccnc1)c1c(-c2ccc(Cl)cc2)nsc1-c1ccc(Cl)cc1. The van der Waals surface area contributed by atoms with Crippen molar-refractivity contribution in [1.29, 1.82) is 0 Å². The van der Waals surface area contributed by atoms with Gasteiger partial charge in [-0.15, -0.1) is 0 Å². The van der Waals surface area contributed by atoms with Crippen molar-refractivity contribution in [3.05, 3.63) is 94.2 Å². The van der Waals surface area contributed by atoms with Crippen molar-refractivity contribution >= 4 is 40.5 Å². The summed E-state index contributed by atoms with van der Waals surface area (Å²) in [4.78, 5) is 18.0. The van der Waals surface area contributed by atoms with Gasteiger partial charge in [0, 0.05) is 33.6 Å². The van der Waals surface area contributed by atoms with Crippen LogP contribution in [0.2, 0.25) is 10.0 Å². The largest absolute Gasteiger partial charge is 0.299 e. The Morgan fingerprint density at radius 1 is 0.931 bits per heavy atom. The lowest BCUT2D eigenvalue weighted by Gasteiger charge is -2.17. The Labute approximate surface area is 183 Å². The summed E-state index contributed by atoms with van der Waals surface area (Å²) in [7, 11) is 0. The van der Waals surface area contributed by atoms with Crippen LogP contribution in [0.4, 0.5) is 0 Å². The number of rotatable bonds is 5. The first kappa shape index (κ1) is 19.8. The summed E-state index contributed by atoms with van der Waals surface area (Å²) in [6.45, 7) is 1.60. The molecule has 0 saturated heterocycles. The van der Waals surface area contributed by atoms with Crippen molar-refractivity contribution in [3.8, 4) is 21.7 Å². The number of pyridine rings is 1. The number of nitrogens with zero attached hydrogens (tertiary/aromatic N) is 2. The van der Waals surface area contributed by atoms with Gasteiger partial charge in [-0.3, -0.25) is 9.78 Å². The molecule has 0 bridgehead atoms. The molecule has 3 nitrogen and oxygen atoms in total. The topological polar surface area (TPSA) is 42.9 Å². The molecule has 2 aromatic heterocycles. The van der Waals surface area contributed by atoms with E-state index in [1.54, 1.807) is 19.3 Å². The fourth-order valence-corrected chi connectivity index (χ4v) is 4.53. The number of Topliss-reactive ketones (excluding diaryl/α,β-unsaturated/α-hetero) is 1. The van der Waals surface area contributed by atoms with Gasteiger partial charge in [-0.25, -0.2) is 0 Å². The maximum Gasteiger partial charge on any atom is 0.141 e. The fourth-order valence-electron chi connectivity index (χ4n) is 3.34. The smallest absolute Gasteiger partial charge is 0.141 e. The van der Waals surface area contributed by atoms with Crippen LogP contribution >= 0.6 is 34.7 Å². The lowest BCUT2D eigenvalue weighted by atomic mass is 9.85. The molecule has 29 heavy (non-hydrogen) atoms. The van der Waals surface area contributed by atoms with Crippen molar-refractivity contribution in [2.75, 3.05) is 0 Å². The van der Waals surface area contributed by atoms with Crippen LogP contribution in [0, 0.1) is 0 Å². The second-order valence-corrected chi connectivity index (χ2v) is 8.26. The fraction of sp³-hybridized carbons (Fsp3) is 0.0870. The Bertz CT molecular complexity index is 1080. The zero-order valence-electron chi connectivity index (χ0n) is 15.5. The molecule has 0 fully saturated rings. The number of carbonyl (C=O) groups is 1. The molecule has 1 unspecified atom stereocenters. The average Bonchev–Trinajstić information content (AvgIpc) is 3.14. The molecular weight excluding hydrogens is 423 g/mol. The Balaban J connectivity index is 1.97. The summed E-state index contributed by atoms with van der Waals surface area (Å²) in [6, 6.07) is 18.9. The van der Waals surface area contributed by atoms with Gasteiger partial charge >= 0.3 is 0 Å². The van der Waals surface area contributed by atoms with Gasteiger partial charge < -0.3 is 0 Å². The van der Waals surface area contributed by atoms with Crippen molar-refractivity contribution in [2.24, 2.45) is 0 Å². The maximum absolute atomic E-state index is 12.8. The Morgan fingerprint density at radius 3 is 2.10 bits per heavy atom. The number of hydrogen-bond donors (Lipinski definition) is 0. The predicted octanol–water partition coefficient (Wildman–Crippen LogP) is 6.90. The quantitative estimate of drug-likeness (QED) is 0.340. The van der Waals surface area contributed by atoms with Crippen molar-refractivity contribution in [3.63, 3.8) is 0 Å². The third kappa shape index (κ3) is 4.10. The number of hydrogen-bond acceptors (Lipinski definition) is 4. The minimum absolute atomic E-state index is 0.0311. The van der Waals surface area contributed by atoms with Crippen LogP contribution in [-0.2, 0) is 4.79 Å². The first-order valence-corrected chi connectivity index (χ1v) is 10.5. The van der Waals surface area contributed by atoms with Crippen LogP contribution in [0.5, 0.6) is 0 Å². The van der Waals surface area contributed by atoms with Gasteiger partial charge in [-0.2, -0.15) is 4.37 Å². The third-order valence-electron chi connectivity index (χ3n) is 4.66. The van der Waals surface area contributed by atoms with E-state index in [9.17, 15) is 4.79 Å². The molecule has 0 saturated carbocycles. The van der Waals surface area contributed by atoms with E-state index in [0.717, 1.165) is 32.8 Å². The summed E-state index contributed by atoms with van der Waals surface area (Å²) >= 11 is 13.5. The van der Waals surface area contributed by atoms with Gasteiger partial charge in [-0.05, 0) is 59.9 Å². The molecule has 0 N–H and O–H groups in total. The zero-order chi connectivity index (χ0) is 20.4. The molecular formula is C23H16Cl2N2OS. The Morgan fingerprint density at radius 2 is 1.55 bits per heavy atom. The molecule has 2 heterocycles. The van der Waals surface area contributed by atoms with Crippen LogP contribution in [0.3, 0.4) is 0 Å². The second-order valence-electron chi connectivity index (χ2n) is 6.62. The molecule has 4 aromatic rings. The monoisotopic (exact) mass is 438 g/mol. The summed E-state index contributed by atoms with van der Waals surface area (Å²) in [5.41, 5.74) is 4.37. The number of aromatic nitrogens is 2. The molecule has 1 atom stereocenters. The minimum atomic E-state index is -0.473. The van der Waals surface area contributed by atoms with E-state index in [-0.39, 0.29) is 5.78 Å². The van der Waals surface area contributed by atoms with E-state index < -0.39 is 5.92 Å². The lowest BCUT2D eigenvalue weighted by molar-refractivity contribution is -0.117. The molecule has 0 aliphatic heterocycles. The molecule has 0 amide bonds.